The zero-order valence-corrected chi connectivity index (χ0v) is 12.4. The van der Waals surface area contributed by atoms with Crippen molar-refractivity contribution in [2.24, 2.45) is 0 Å². The number of fused-ring (bicyclic) bond motifs is 1. The lowest BCUT2D eigenvalue weighted by Gasteiger charge is -2.15. The molecule has 0 saturated carbocycles. The van der Waals surface area contributed by atoms with Crippen molar-refractivity contribution in [1.82, 2.24) is 5.32 Å². The Bertz CT molecular complexity index is 694. The number of ether oxygens (including phenoxy) is 1. The highest BCUT2D eigenvalue weighted by Crippen LogP contribution is 2.19. The average Bonchev–Trinajstić information content (AvgIpc) is 2.49. The lowest BCUT2D eigenvalue weighted by Crippen LogP contribution is -2.36. The first kappa shape index (κ1) is 16.0. The Kier molecular flexibility index (Phi) is 5.55. The molecule has 1 aromatic heterocycles. The van der Waals surface area contributed by atoms with E-state index in [0.717, 1.165) is 5.39 Å². The van der Waals surface area contributed by atoms with Gasteiger partial charge in [0.25, 0.3) is 0 Å². The van der Waals surface area contributed by atoms with Crippen molar-refractivity contribution in [3.05, 3.63) is 40.8 Å². The first-order valence-corrected chi connectivity index (χ1v) is 7.13. The maximum Gasteiger partial charge on any atom is 0.336 e. The molecule has 1 amide bonds. The van der Waals surface area contributed by atoms with E-state index in [0.29, 0.717) is 30.8 Å². The van der Waals surface area contributed by atoms with E-state index in [2.05, 4.69) is 5.32 Å². The molecule has 0 radical (unpaired) electrons. The normalized spacial score (nSPS) is 12.1. The van der Waals surface area contributed by atoms with Crippen LogP contribution in [0.3, 0.4) is 0 Å². The van der Waals surface area contributed by atoms with E-state index in [1.54, 1.807) is 18.2 Å². The Morgan fingerprint density at radius 2 is 2.14 bits per heavy atom. The zero-order valence-electron chi connectivity index (χ0n) is 12.4. The molecule has 6 nitrogen and oxygen atoms in total. The third-order valence-corrected chi connectivity index (χ3v) is 3.19. The van der Waals surface area contributed by atoms with Crippen molar-refractivity contribution in [2.75, 3.05) is 13.2 Å². The van der Waals surface area contributed by atoms with E-state index in [1.807, 2.05) is 6.07 Å². The molecule has 0 spiro atoms. The average molecular weight is 305 g/mol. The molecule has 1 atom stereocenters. The Labute approximate surface area is 127 Å². The van der Waals surface area contributed by atoms with Crippen LogP contribution in [0, 0.1) is 0 Å². The molecule has 2 rings (SSSR count). The number of aliphatic hydroxyl groups excluding tert-OH is 1. The van der Waals surface area contributed by atoms with Gasteiger partial charge in [-0.25, -0.2) is 4.79 Å². The van der Waals surface area contributed by atoms with Gasteiger partial charge >= 0.3 is 5.63 Å². The van der Waals surface area contributed by atoms with Crippen LogP contribution in [0.1, 0.15) is 19.8 Å². The molecule has 2 aromatic rings. The summed E-state index contributed by atoms with van der Waals surface area (Å²) in [5, 5.41) is 12.6. The fourth-order valence-corrected chi connectivity index (χ4v) is 2.15. The van der Waals surface area contributed by atoms with Crippen LogP contribution >= 0.6 is 0 Å². The quantitative estimate of drug-likeness (QED) is 0.597. The minimum absolute atomic E-state index is 0.0965. The molecule has 0 unspecified atom stereocenters. The monoisotopic (exact) mass is 305 g/mol. The highest BCUT2D eigenvalue weighted by Gasteiger charge is 2.08. The highest BCUT2D eigenvalue weighted by molar-refractivity contribution is 5.77. The number of hydrogen-bond donors (Lipinski definition) is 2. The van der Waals surface area contributed by atoms with Gasteiger partial charge in [-0.2, -0.15) is 0 Å². The minimum Gasteiger partial charge on any atom is -0.493 e. The zero-order chi connectivity index (χ0) is 15.9. The van der Waals surface area contributed by atoms with E-state index in [4.69, 9.17) is 14.3 Å². The van der Waals surface area contributed by atoms with Gasteiger partial charge < -0.3 is 19.6 Å². The van der Waals surface area contributed by atoms with E-state index in [9.17, 15) is 9.59 Å². The maximum atomic E-state index is 11.2. The topological polar surface area (TPSA) is 88.8 Å². The summed E-state index contributed by atoms with van der Waals surface area (Å²) < 4.78 is 10.7. The number of aliphatic hydroxyl groups is 1. The summed E-state index contributed by atoms with van der Waals surface area (Å²) in [5.41, 5.74) is 0.0854. The summed E-state index contributed by atoms with van der Waals surface area (Å²) in [4.78, 5) is 22.1. The Morgan fingerprint density at radius 3 is 2.86 bits per heavy atom. The van der Waals surface area contributed by atoms with Crippen LogP contribution in [0.5, 0.6) is 5.75 Å². The fourth-order valence-electron chi connectivity index (χ4n) is 2.15. The van der Waals surface area contributed by atoms with Crippen LogP contribution in [0.25, 0.3) is 11.0 Å². The van der Waals surface area contributed by atoms with Gasteiger partial charge in [-0.3, -0.25) is 4.79 Å². The third kappa shape index (κ3) is 4.60. The molecule has 0 fully saturated rings. The maximum absolute atomic E-state index is 11.2. The Morgan fingerprint density at radius 1 is 1.36 bits per heavy atom. The molecule has 0 bridgehead atoms. The van der Waals surface area contributed by atoms with Crippen molar-refractivity contribution in [2.45, 2.75) is 25.8 Å². The largest absolute Gasteiger partial charge is 0.493 e. The Hall–Kier alpha value is -2.34. The molecular formula is C16H19NO5. The standard InChI is InChI=1S/C16H19NO5/c1-11(19)17-13(10-18)3-2-8-21-14-6-4-12-5-7-16(20)22-15(12)9-14/h4-7,9,13,18H,2-3,8,10H2,1H3,(H,17,19)/t13-/m1/s1. The van der Waals surface area contributed by atoms with E-state index in [1.165, 1.54) is 13.0 Å². The van der Waals surface area contributed by atoms with Crippen LogP contribution < -0.4 is 15.7 Å². The van der Waals surface area contributed by atoms with Crippen molar-refractivity contribution in [3.8, 4) is 5.75 Å². The van der Waals surface area contributed by atoms with Gasteiger partial charge in [-0.15, -0.1) is 0 Å². The summed E-state index contributed by atoms with van der Waals surface area (Å²) in [6.07, 6.45) is 1.31. The second-order valence-corrected chi connectivity index (χ2v) is 5.02. The smallest absolute Gasteiger partial charge is 0.336 e. The number of benzene rings is 1. The number of carbonyl (C=O) groups is 1. The second-order valence-electron chi connectivity index (χ2n) is 5.02. The van der Waals surface area contributed by atoms with Crippen LogP contribution in [-0.2, 0) is 4.79 Å². The molecule has 22 heavy (non-hydrogen) atoms. The molecule has 6 heteroatoms. The molecular weight excluding hydrogens is 286 g/mol. The van der Waals surface area contributed by atoms with Gasteiger partial charge in [0, 0.05) is 24.4 Å². The molecule has 0 saturated heterocycles. The predicted octanol–water partition coefficient (Wildman–Crippen LogP) is 1.45. The van der Waals surface area contributed by atoms with Gasteiger partial charge in [0.15, 0.2) is 0 Å². The SMILES string of the molecule is CC(=O)N[C@@H](CO)CCCOc1ccc2ccc(=O)oc2c1. The minimum atomic E-state index is -0.397. The third-order valence-electron chi connectivity index (χ3n) is 3.19. The van der Waals surface area contributed by atoms with Crippen molar-refractivity contribution >= 4 is 16.9 Å². The molecule has 2 N–H and O–H groups in total. The fraction of sp³-hybridized carbons (Fsp3) is 0.375. The van der Waals surface area contributed by atoms with E-state index >= 15 is 0 Å². The van der Waals surface area contributed by atoms with Crippen molar-refractivity contribution < 1.29 is 19.1 Å². The summed E-state index contributed by atoms with van der Waals surface area (Å²) in [7, 11) is 0. The van der Waals surface area contributed by atoms with Crippen molar-refractivity contribution in [1.29, 1.82) is 0 Å². The highest BCUT2D eigenvalue weighted by atomic mass is 16.5. The molecule has 0 aliphatic heterocycles. The van der Waals surface area contributed by atoms with Crippen LogP contribution in [0.2, 0.25) is 0 Å². The van der Waals surface area contributed by atoms with Crippen molar-refractivity contribution in [3.63, 3.8) is 0 Å². The van der Waals surface area contributed by atoms with Gasteiger partial charge in [-0.05, 0) is 31.0 Å². The molecule has 1 aromatic carbocycles. The Balaban J connectivity index is 1.86. The molecule has 0 aliphatic carbocycles. The summed E-state index contributed by atoms with van der Waals surface area (Å²) in [6.45, 7) is 1.77. The summed E-state index contributed by atoms with van der Waals surface area (Å²) >= 11 is 0. The van der Waals surface area contributed by atoms with Gasteiger partial charge in [0.2, 0.25) is 5.91 Å². The number of nitrogens with one attached hydrogen (secondary N) is 1. The summed E-state index contributed by atoms with van der Waals surface area (Å²) in [6, 6.07) is 8.12. The van der Waals surface area contributed by atoms with E-state index in [-0.39, 0.29) is 18.6 Å². The first-order chi connectivity index (χ1) is 10.6. The van der Waals surface area contributed by atoms with Crippen LogP contribution in [-0.4, -0.2) is 30.3 Å². The molecule has 1 heterocycles. The second kappa shape index (κ2) is 7.61. The van der Waals surface area contributed by atoms with Crippen LogP contribution in [0.15, 0.2) is 39.5 Å². The van der Waals surface area contributed by atoms with E-state index < -0.39 is 5.63 Å². The van der Waals surface area contributed by atoms with Gasteiger partial charge in [0.1, 0.15) is 11.3 Å². The van der Waals surface area contributed by atoms with Crippen LogP contribution in [0.4, 0.5) is 0 Å². The number of hydrogen-bond acceptors (Lipinski definition) is 5. The molecule has 0 aliphatic rings. The lowest BCUT2D eigenvalue weighted by molar-refractivity contribution is -0.120. The number of carbonyl (C=O) groups excluding carboxylic acids is 1. The summed E-state index contributed by atoms with van der Waals surface area (Å²) in [5.74, 6) is 0.450. The number of amides is 1. The lowest BCUT2D eigenvalue weighted by atomic mass is 10.1. The molecule has 118 valence electrons. The number of rotatable bonds is 7. The van der Waals surface area contributed by atoms with Gasteiger partial charge in [-0.1, -0.05) is 0 Å². The predicted molar refractivity (Wildman–Crippen MR) is 81.9 cm³/mol. The van der Waals surface area contributed by atoms with Gasteiger partial charge in [0.05, 0.1) is 19.3 Å². The first-order valence-electron chi connectivity index (χ1n) is 7.13.